The van der Waals surface area contributed by atoms with Crippen molar-refractivity contribution in [3.8, 4) is 11.8 Å². The first-order valence-corrected chi connectivity index (χ1v) is 9.98. The molecular weight excluding hydrogens is 340 g/mol. The molecule has 0 aliphatic carbocycles. The maximum Gasteiger partial charge on any atom is 0.321 e. The van der Waals surface area contributed by atoms with Crippen molar-refractivity contribution in [1.82, 2.24) is 5.32 Å². The molecule has 0 radical (unpaired) electrons. The Morgan fingerprint density at radius 1 is 1.22 bits per heavy atom. The SMILES string of the molecule is CCCCCCC#Cc1ccc2c(c1)CCN2C(=O)NCCC(=O)OCC. The number of unbranched alkanes of at least 4 members (excludes halogenated alkanes) is 4. The van der Waals surface area contributed by atoms with Crippen LogP contribution in [-0.2, 0) is 16.0 Å². The fraction of sp³-hybridized carbons (Fsp3) is 0.545. The third-order valence-corrected chi connectivity index (χ3v) is 4.52. The van der Waals surface area contributed by atoms with Gasteiger partial charge in [0.25, 0.3) is 0 Å². The number of fused-ring (bicyclic) bond motifs is 1. The van der Waals surface area contributed by atoms with Crippen LogP contribution in [0, 0.1) is 11.8 Å². The smallest absolute Gasteiger partial charge is 0.321 e. The minimum Gasteiger partial charge on any atom is -0.466 e. The molecule has 0 spiro atoms. The largest absolute Gasteiger partial charge is 0.466 e. The number of ether oxygens (including phenoxy) is 1. The summed E-state index contributed by atoms with van der Waals surface area (Å²) >= 11 is 0. The number of urea groups is 1. The summed E-state index contributed by atoms with van der Waals surface area (Å²) in [7, 11) is 0. The van der Waals surface area contributed by atoms with Gasteiger partial charge in [-0.15, -0.1) is 0 Å². The summed E-state index contributed by atoms with van der Waals surface area (Å²) < 4.78 is 4.86. The molecule has 1 heterocycles. The Kier molecular flexibility index (Phi) is 8.70. The van der Waals surface area contributed by atoms with Gasteiger partial charge >= 0.3 is 12.0 Å². The molecule has 0 atom stereocenters. The predicted octanol–water partition coefficient (Wildman–Crippen LogP) is 4.03. The number of esters is 1. The van der Waals surface area contributed by atoms with E-state index < -0.39 is 0 Å². The molecule has 27 heavy (non-hydrogen) atoms. The fourth-order valence-electron chi connectivity index (χ4n) is 3.10. The quantitative estimate of drug-likeness (QED) is 0.427. The van der Waals surface area contributed by atoms with E-state index in [4.69, 9.17) is 4.74 Å². The van der Waals surface area contributed by atoms with Gasteiger partial charge in [-0.1, -0.05) is 38.0 Å². The highest BCUT2D eigenvalue weighted by molar-refractivity contribution is 5.94. The summed E-state index contributed by atoms with van der Waals surface area (Å²) in [6.07, 6.45) is 6.87. The van der Waals surface area contributed by atoms with Crippen LogP contribution >= 0.6 is 0 Å². The lowest BCUT2D eigenvalue weighted by Crippen LogP contribution is -2.39. The summed E-state index contributed by atoms with van der Waals surface area (Å²) in [5.41, 5.74) is 3.08. The third kappa shape index (κ3) is 6.63. The van der Waals surface area contributed by atoms with E-state index in [1.54, 1.807) is 11.8 Å². The molecule has 1 aromatic carbocycles. The van der Waals surface area contributed by atoms with E-state index in [1.807, 2.05) is 12.1 Å². The van der Waals surface area contributed by atoms with Crippen LogP contribution in [-0.4, -0.2) is 31.7 Å². The molecule has 0 unspecified atom stereocenters. The lowest BCUT2D eigenvalue weighted by Gasteiger charge is -2.18. The average Bonchev–Trinajstić information content (AvgIpc) is 3.08. The first-order valence-electron chi connectivity index (χ1n) is 9.98. The molecule has 1 aliphatic heterocycles. The van der Waals surface area contributed by atoms with Crippen LogP contribution in [0.25, 0.3) is 0 Å². The molecule has 2 rings (SSSR count). The number of anilines is 1. The summed E-state index contributed by atoms with van der Waals surface area (Å²) in [5, 5.41) is 2.79. The van der Waals surface area contributed by atoms with Gasteiger partial charge in [0.2, 0.25) is 0 Å². The molecule has 0 aromatic heterocycles. The Labute approximate surface area is 162 Å². The van der Waals surface area contributed by atoms with Crippen molar-refractivity contribution in [3.63, 3.8) is 0 Å². The van der Waals surface area contributed by atoms with Crippen molar-refractivity contribution < 1.29 is 14.3 Å². The van der Waals surface area contributed by atoms with E-state index in [9.17, 15) is 9.59 Å². The van der Waals surface area contributed by atoms with Crippen LogP contribution in [0.5, 0.6) is 0 Å². The van der Waals surface area contributed by atoms with Gasteiger partial charge < -0.3 is 10.1 Å². The first-order chi connectivity index (χ1) is 13.2. The van der Waals surface area contributed by atoms with Crippen LogP contribution in [0.3, 0.4) is 0 Å². The van der Waals surface area contributed by atoms with E-state index >= 15 is 0 Å². The lowest BCUT2D eigenvalue weighted by atomic mass is 10.1. The van der Waals surface area contributed by atoms with Crippen LogP contribution < -0.4 is 10.2 Å². The van der Waals surface area contributed by atoms with Crippen molar-refractivity contribution in [2.24, 2.45) is 0 Å². The maximum absolute atomic E-state index is 12.4. The van der Waals surface area contributed by atoms with E-state index in [0.29, 0.717) is 13.2 Å². The standard InChI is InChI=1S/C22H30N2O3/c1-3-5-6-7-8-9-10-18-11-12-20-19(17-18)14-16-24(20)22(26)23-15-13-21(25)27-4-2/h11-12,17H,3-8,13-16H2,1-2H3,(H,23,26). The Morgan fingerprint density at radius 3 is 2.85 bits per heavy atom. The van der Waals surface area contributed by atoms with Gasteiger partial charge in [-0.3, -0.25) is 9.69 Å². The summed E-state index contributed by atoms with van der Waals surface area (Å²) in [4.78, 5) is 25.4. The van der Waals surface area contributed by atoms with Gasteiger partial charge in [0.05, 0.1) is 13.0 Å². The molecule has 1 aromatic rings. The summed E-state index contributed by atoms with van der Waals surface area (Å²) in [5.74, 6) is 6.19. The fourth-order valence-corrected chi connectivity index (χ4v) is 3.10. The first kappa shape index (κ1) is 20.8. The minimum absolute atomic E-state index is 0.173. The number of hydrogen-bond donors (Lipinski definition) is 1. The summed E-state index contributed by atoms with van der Waals surface area (Å²) in [6, 6.07) is 5.85. The highest BCUT2D eigenvalue weighted by Gasteiger charge is 2.24. The second kappa shape index (κ2) is 11.3. The second-order valence-corrected chi connectivity index (χ2v) is 6.64. The van der Waals surface area contributed by atoms with Gasteiger partial charge in [-0.2, -0.15) is 0 Å². The zero-order valence-corrected chi connectivity index (χ0v) is 16.5. The number of carbonyl (C=O) groups excluding carboxylic acids is 2. The Morgan fingerprint density at radius 2 is 2.07 bits per heavy atom. The molecule has 5 heteroatoms. The molecule has 146 valence electrons. The molecule has 0 saturated carbocycles. The highest BCUT2D eigenvalue weighted by atomic mass is 16.5. The molecule has 2 amide bonds. The number of hydrogen-bond acceptors (Lipinski definition) is 3. The zero-order chi connectivity index (χ0) is 19.5. The van der Waals surface area contributed by atoms with Crippen LogP contribution in [0.2, 0.25) is 0 Å². The number of nitrogens with zero attached hydrogens (tertiary/aromatic N) is 1. The lowest BCUT2D eigenvalue weighted by molar-refractivity contribution is -0.142. The van der Waals surface area contributed by atoms with Crippen molar-refractivity contribution in [2.75, 3.05) is 24.6 Å². The van der Waals surface area contributed by atoms with Gasteiger partial charge in [0, 0.05) is 30.8 Å². The number of rotatable bonds is 8. The van der Waals surface area contributed by atoms with Gasteiger partial charge in [0.1, 0.15) is 0 Å². The number of nitrogens with one attached hydrogen (secondary N) is 1. The van der Waals surface area contributed by atoms with Crippen LogP contribution in [0.4, 0.5) is 10.5 Å². The molecule has 0 saturated heterocycles. The maximum atomic E-state index is 12.4. The van der Waals surface area contributed by atoms with Crippen LogP contribution in [0.15, 0.2) is 18.2 Å². The Balaban J connectivity index is 1.85. The normalized spacial score (nSPS) is 12.1. The van der Waals surface area contributed by atoms with Crippen molar-refractivity contribution in [3.05, 3.63) is 29.3 Å². The second-order valence-electron chi connectivity index (χ2n) is 6.64. The number of carbonyl (C=O) groups is 2. The molecule has 1 aliphatic rings. The van der Waals surface area contributed by atoms with Gasteiger partial charge in [-0.25, -0.2) is 4.79 Å². The van der Waals surface area contributed by atoms with Crippen molar-refractivity contribution in [1.29, 1.82) is 0 Å². The highest BCUT2D eigenvalue weighted by Crippen LogP contribution is 2.28. The van der Waals surface area contributed by atoms with Gasteiger partial charge in [-0.05, 0) is 43.5 Å². The molecule has 5 nitrogen and oxygen atoms in total. The molecule has 1 N–H and O–H groups in total. The van der Waals surface area contributed by atoms with E-state index in [0.717, 1.165) is 36.1 Å². The number of benzene rings is 1. The average molecular weight is 370 g/mol. The van der Waals surface area contributed by atoms with E-state index in [2.05, 4.69) is 30.1 Å². The van der Waals surface area contributed by atoms with Crippen molar-refractivity contribution >= 4 is 17.7 Å². The molecular formula is C22H30N2O3. The number of amides is 2. The van der Waals surface area contributed by atoms with E-state index in [1.165, 1.54) is 19.3 Å². The Bertz CT molecular complexity index is 703. The zero-order valence-electron chi connectivity index (χ0n) is 16.5. The van der Waals surface area contributed by atoms with E-state index in [-0.39, 0.29) is 25.0 Å². The monoisotopic (exact) mass is 370 g/mol. The minimum atomic E-state index is -0.294. The third-order valence-electron chi connectivity index (χ3n) is 4.52. The Hall–Kier alpha value is -2.48. The topological polar surface area (TPSA) is 58.6 Å². The van der Waals surface area contributed by atoms with Crippen LogP contribution in [0.1, 0.15) is 63.5 Å². The molecule has 0 bridgehead atoms. The molecule has 0 fully saturated rings. The van der Waals surface area contributed by atoms with Crippen molar-refractivity contribution in [2.45, 2.75) is 58.8 Å². The van der Waals surface area contributed by atoms with Gasteiger partial charge in [0.15, 0.2) is 0 Å². The predicted molar refractivity (Wildman–Crippen MR) is 108 cm³/mol. The summed E-state index contributed by atoms with van der Waals surface area (Å²) in [6.45, 7) is 5.26.